The standard InChI is InChI=1S/C11H9BrClN3O2/c1-18-8-3-2-6(12)4-7(8)16-10-9(13)11(17)15-5-14-10/h2-5H,1H3,(H2,14,15,16,17). The van der Waals surface area contributed by atoms with E-state index in [0.29, 0.717) is 11.4 Å². The monoisotopic (exact) mass is 329 g/mol. The Bertz CT molecular complexity index is 630. The van der Waals surface area contributed by atoms with Crippen LogP contribution in [-0.4, -0.2) is 17.1 Å². The third-order valence-corrected chi connectivity index (χ3v) is 3.06. The van der Waals surface area contributed by atoms with E-state index >= 15 is 0 Å². The zero-order valence-electron chi connectivity index (χ0n) is 9.33. The molecular formula is C11H9BrClN3O2. The summed E-state index contributed by atoms with van der Waals surface area (Å²) in [5.74, 6) is 0.896. The largest absolute Gasteiger partial charge is 0.495 e. The van der Waals surface area contributed by atoms with Crippen molar-refractivity contribution in [2.45, 2.75) is 0 Å². The highest BCUT2D eigenvalue weighted by atomic mass is 79.9. The number of nitrogens with zero attached hydrogens (tertiary/aromatic N) is 1. The summed E-state index contributed by atoms with van der Waals surface area (Å²) < 4.78 is 6.07. The van der Waals surface area contributed by atoms with Crippen molar-refractivity contribution in [3.63, 3.8) is 0 Å². The van der Waals surface area contributed by atoms with Gasteiger partial charge in [-0.25, -0.2) is 4.98 Å². The van der Waals surface area contributed by atoms with Crippen LogP contribution in [-0.2, 0) is 0 Å². The molecule has 0 radical (unpaired) electrons. The van der Waals surface area contributed by atoms with Gasteiger partial charge in [-0.05, 0) is 18.2 Å². The lowest BCUT2D eigenvalue weighted by atomic mass is 10.3. The summed E-state index contributed by atoms with van der Waals surface area (Å²) in [6.45, 7) is 0. The molecule has 7 heteroatoms. The van der Waals surface area contributed by atoms with Crippen molar-refractivity contribution >= 4 is 39.0 Å². The van der Waals surface area contributed by atoms with Gasteiger partial charge >= 0.3 is 0 Å². The number of rotatable bonds is 3. The van der Waals surface area contributed by atoms with Crippen LogP contribution in [0.25, 0.3) is 0 Å². The number of halogens is 2. The van der Waals surface area contributed by atoms with Crippen molar-refractivity contribution in [1.29, 1.82) is 0 Å². The van der Waals surface area contributed by atoms with Gasteiger partial charge in [0, 0.05) is 4.47 Å². The second-order valence-electron chi connectivity index (χ2n) is 3.36. The van der Waals surface area contributed by atoms with E-state index in [-0.39, 0.29) is 10.8 Å². The number of benzene rings is 1. The van der Waals surface area contributed by atoms with Crippen molar-refractivity contribution in [3.05, 3.63) is 44.4 Å². The number of aromatic nitrogens is 2. The van der Waals surface area contributed by atoms with Crippen LogP contribution >= 0.6 is 27.5 Å². The predicted octanol–water partition coefficient (Wildman–Crippen LogP) is 2.94. The third kappa shape index (κ3) is 2.65. The fraction of sp³-hybridized carbons (Fsp3) is 0.0909. The van der Waals surface area contributed by atoms with Gasteiger partial charge in [0.2, 0.25) is 0 Å². The maximum absolute atomic E-state index is 11.3. The predicted molar refractivity (Wildman–Crippen MR) is 73.8 cm³/mol. The van der Waals surface area contributed by atoms with Crippen LogP contribution in [0.15, 0.2) is 33.8 Å². The molecule has 2 N–H and O–H groups in total. The Morgan fingerprint density at radius 1 is 1.50 bits per heavy atom. The van der Waals surface area contributed by atoms with E-state index < -0.39 is 5.56 Å². The van der Waals surface area contributed by atoms with E-state index in [1.54, 1.807) is 19.2 Å². The average Bonchev–Trinajstić information content (AvgIpc) is 2.35. The number of methoxy groups -OCH3 is 1. The molecule has 0 bridgehead atoms. The summed E-state index contributed by atoms with van der Waals surface area (Å²) in [7, 11) is 1.56. The molecule has 2 rings (SSSR count). The van der Waals surface area contributed by atoms with Crippen molar-refractivity contribution in [2.75, 3.05) is 12.4 Å². The normalized spacial score (nSPS) is 10.2. The summed E-state index contributed by atoms with van der Waals surface area (Å²) in [6, 6.07) is 5.43. The lowest BCUT2D eigenvalue weighted by molar-refractivity contribution is 0.416. The Hall–Kier alpha value is -1.53. The SMILES string of the molecule is COc1ccc(Br)cc1Nc1nc[nH]c(=O)c1Cl. The van der Waals surface area contributed by atoms with Crippen LogP contribution in [0.2, 0.25) is 5.02 Å². The van der Waals surface area contributed by atoms with E-state index in [1.165, 1.54) is 6.33 Å². The molecule has 0 fully saturated rings. The van der Waals surface area contributed by atoms with Crippen molar-refractivity contribution in [3.8, 4) is 5.75 Å². The Balaban J connectivity index is 2.42. The van der Waals surface area contributed by atoms with Gasteiger partial charge in [-0.3, -0.25) is 4.79 Å². The Morgan fingerprint density at radius 3 is 3.00 bits per heavy atom. The molecule has 1 aromatic heterocycles. The Kier molecular flexibility index (Phi) is 3.88. The maximum atomic E-state index is 11.3. The van der Waals surface area contributed by atoms with E-state index in [4.69, 9.17) is 16.3 Å². The van der Waals surface area contributed by atoms with Crippen LogP contribution < -0.4 is 15.6 Å². The topological polar surface area (TPSA) is 67.0 Å². The van der Waals surface area contributed by atoms with Gasteiger partial charge in [-0.15, -0.1) is 0 Å². The smallest absolute Gasteiger partial charge is 0.271 e. The minimum absolute atomic E-state index is 0.000437. The van der Waals surface area contributed by atoms with E-state index in [1.807, 2.05) is 6.07 Å². The molecule has 2 aromatic rings. The number of hydrogen-bond acceptors (Lipinski definition) is 4. The van der Waals surface area contributed by atoms with Gasteiger partial charge in [0.15, 0.2) is 5.82 Å². The fourth-order valence-corrected chi connectivity index (χ4v) is 1.89. The number of hydrogen-bond donors (Lipinski definition) is 2. The zero-order chi connectivity index (χ0) is 13.1. The van der Waals surface area contributed by atoms with Gasteiger partial charge in [0.1, 0.15) is 10.8 Å². The highest BCUT2D eigenvalue weighted by molar-refractivity contribution is 9.10. The molecule has 0 atom stereocenters. The van der Waals surface area contributed by atoms with Crippen LogP contribution in [0.1, 0.15) is 0 Å². The molecule has 0 unspecified atom stereocenters. The fourth-order valence-electron chi connectivity index (χ4n) is 1.38. The summed E-state index contributed by atoms with van der Waals surface area (Å²) >= 11 is 9.21. The second kappa shape index (κ2) is 5.41. The minimum atomic E-state index is -0.400. The molecule has 0 aliphatic rings. The third-order valence-electron chi connectivity index (χ3n) is 2.21. The number of ether oxygens (including phenoxy) is 1. The first-order valence-corrected chi connectivity index (χ1v) is 6.12. The lowest BCUT2D eigenvalue weighted by Crippen LogP contribution is -2.09. The molecule has 18 heavy (non-hydrogen) atoms. The van der Waals surface area contributed by atoms with E-state index in [9.17, 15) is 4.79 Å². The molecule has 1 aromatic carbocycles. The van der Waals surface area contributed by atoms with Crippen molar-refractivity contribution < 1.29 is 4.74 Å². The number of aromatic amines is 1. The van der Waals surface area contributed by atoms with Gasteiger partial charge in [0.25, 0.3) is 5.56 Å². The van der Waals surface area contributed by atoms with Gasteiger partial charge in [0.05, 0.1) is 19.1 Å². The summed E-state index contributed by atoms with van der Waals surface area (Å²) in [5.41, 5.74) is 0.259. The molecule has 0 spiro atoms. The number of nitrogens with one attached hydrogen (secondary N) is 2. The minimum Gasteiger partial charge on any atom is -0.495 e. The van der Waals surface area contributed by atoms with Gasteiger partial charge < -0.3 is 15.0 Å². The number of H-pyrrole nitrogens is 1. The van der Waals surface area contributed by atoms with Crippen molar-refractivity contribution in [2.24, 2.45) is 0 Å². The molecule has 94 valence electrons. The highest BCUT2D eigenvalue weighted by Crippen LogP contribution is 2.31. The first-order chi connectivity index (χ1) is 8.61. The second-order valence-corrected chi connectivity index (χ2v) is 4.66. The summed E-state index contributed by atoms with van der Waals surface area (Å²) in [6.07, 6.45) is 1.28. The highest BCUT2D eigenvalue weighted by Gasteiger charge is 2.09. The molecule has 0 aliphatic carbocycles. The molecule has 5 nitrogen and oxygen atoms in total. The number of anilines is 2. The van der Waals surface area contributed by atoms with E-state index in [2.05, 4.69) is 31.2 Å². The molecule has 0 aliphatic heterocycles. The zero-order valence-corrected chi connectivity index (χ0v) is 11.7. The summed E-state index contributed by atoms with van der Waals surface area (Å²) in [5, 5.41) is 2.95. The van der Waals surface area contributed by atoms with Crippen LogP contribution in [0.5, 0.6) is 5.75 Å². The quantitative estimate of drug-likeness (QED) is 0.908. The first kappa shape index (κ1) is 12.9. The van der Waals surface area contributed by atoms with Crippen LogP contribution in [0, 0.1) is 0 Å². The first-order valence-electron chi connectivity index (χ1n) is 4.95. The van der Waals surface area contributed by atoms with Crippen LogP contribution in [0.3, 0.4) is 0 Å². The molecular weight excluding hydrogens is 321 g/mol. The maximum Gasteiger partial charge on any atom is 0.271 e. The molecule has 0 amide bonds. The van der Waals surface area contributed by atoms with Gasteiger partial charge in [-0.1, -0.05) is 27.5 Å². The van der Waals surface area contributed by atoms with Gasteiger partial charge in [-0.2, -0.15) is 0 Å². The van der Waals surface area contributed by atoms with Crippen molar-refractivity contribution in [1.82, 2.24) is 9.97 Å². The molecule has 0 saturated heterocycles. The molecule has 1 heterocycles. The Morgan fingerprint density at radius 2 is 2.28 bits per heavy atom. The Labute approximate surface area is 116 Å². The van der Waals surface area contributed by atoms with E-state index in [0.717, 1.165) is 4.47 Å². The average molecular weight is 331 g/mol. The molecule has 0 saturated carbocycles. The van der Waals surface area contributed by atoms with Crippen LogP contribution in [0.4, 0.5) is 11.5 Å². The summed E-state index contributed by atoms with van der Waals surface area (Å²) in [4.78, 5) is 17.7. The lowest BCUT2D eigenvalue weighted by Gasteiger charge is -2.11.